The topological polar surface area (TPSA) is 84.9 Å². The molecule has 0 radical (unpaired) electrons. The zero-order chi connectivity index (χ0) is 24.0. The molecule has 1 aliphatic carbocycles. The van der Waals surface area contributed by atoms with Crippen LogP contribution in [0, 0.1) is 11.6 Å². The van der Waals surface area contributed by atoms with Gasteiger partial charge in [0, 0.05) is 24.2 Å². The van der Waals surface area contributed by atoms with Crippen molar-refractivity contribution in [3.05, 3.63) is 29.3 Å². The lowest BCUT2D eigenvalue weighted by Gasteiger charge is -2.42. The molecule has 2 bridgehead atoms. The van der Waals surface area contributed by atoms with E-state index in [1.807, 2.05) is 0 Å². The number of hydrogen-bond acceptors (Lipinski definition) is 5. The average Bonchev–Trinajstić information content (AvgIpc) is 2.73. The third-order valence-corrected chi connectivity index (χ3v) is 7.27. The summed E-state index contributed by atoms with van der Waals surface area (Å²) in [4.78, 5) is 13.7. The van der Waals surface area contributed by atoms with Crippen LogP contribution < -0.4 is 9.46 Å². The highest BCUT2D eigenvalue weighted by Crippen LogP contribution is 2.42. The van der Waals surface area contributed by atoms with E-state index in [9.17, 15) is 22.0 Å². The molecule has 5 rings (SSSR count). The molecule has 1 unspecified atom stereocenters. The summed E-state index contributed by atoms with van der Waals surface area (Å²) in [5, 5.41) is 0. The van der Waals surface area contributed by atoms with Crippen LogP contribution in [0.25, 0.3) is 0 Å². The van der Waals surface area contributed by atoms with Crippen LogP contribution in [0.3, 0.4) is 0 Å². The van der Waals surface area contributed by atoms with Crippen molar-refractivity contribution in [3.63, 3.8) is 0 Å². The lowest BCUT2D eigenvalue weighted by atomic mass is 9.82. The van der Waals surface area contributed by atoms with Gasteiger partial charge in [0.15, 0.2) is 11.6 Å². The Morgan fingerprint density at radius 1 is 1.12 bits per heavy atom. The van der Waals surface area contributed by atoms with Gasteiger partial charge in [-0.3, -0.25) is 4.79 Å². The fraction of sp³-hybridized carbons (Fsp3) is 0.667. The highest BCUT2D eigenvalue weighted by atomic mass is 32.2. The second-order valence-corrected chi connectivity index (χ2v) is 10.7. The molecule has 33 heavy (non-hydrogen) atoms. The molecule has 1 aromatic rings. The highest BCUT2D eigenvalue weighted by Gasteiger charge is 2.51. The number of hydrogen-bond donors (Lipinski definition) is 1. The Hall–Kier alpha value is -1.92. The standard InChI is InChI=1S/C21H26F4N2O5S/c1-33(29,30)26-17-3-2-8-27-18(17)11-31-14-6-4-12(5-7-14)15-9-13(22)10-16(23)19(15)32-21(24,25)20(27)28/h9-10,12,14,17-18,26H,2-8,11H2,1H3/t12?,14?,17?,18-/m0/s1. The number of benzene rings is 1. The van der Waals surface area contributed by atoms with Crippen LogP contribution in [0.2, 0.25) is 0 Å². The predicted molar refractivity (Wildman–Crippen MR) is 109 cm³/mol. The number of halogens is 4. The first-order valence-corrected chi connectivity index (χ1v) is 12.8. The first kappa shape index (κ1) is 24.2. The Labute approximate surface area is 189 Å². The van der Waals surface area contributed by atoms with Gasteiger partial charge in [-0.2, -0.15) is 8.78 Å². The van der Waals surface area contributed by atoms with Crippen LogP contribution in [0.4, 0.5) is 17.6 Å². The van der Waals surface area contributed by atoms with E-state index >= 15 is 8.78 Å². The summed E-state index contributed by atoms with van der Waals surface area (Å²) in [5.74, 6) is -5.22. The van der Waals surface area contributed by atoms with Crippen molar-refractivity contribution >= 4 is 15.9 Å². The number of amides is 1. The third kappa shape index (κ3) is 5.27. The lowest BCUT2D eigenvalue weighted by molar-refractivity contribution is -0.209. The molecule has 184 valence electrons. The molecule has 3 aliphatic heterocycles. The molecular weight excluding hydrogens is 468 g/mol. The Morgan fingerprint density at radius 2 is 1.82 bits per heavy atom. The number of nitrogens with zero attached hydrogens (tertiary/aromatic N) is 1. The fourth-order valence-electron chi connectivity index (χ4n) is 5.03. The summed E-state index contributed by atoms with van der Waals surface area (Å²) in [6.45, 7) is -0.208. The summed E-state index contributed by atoms with van der Waals surface area (Å²) in [6.07, 6.45) is -1.24. The molecule has 7 nitrogen and oxygen atoms in total. The maximum absolute atomic E-state index is 15.1. The number of sulfonamides is 1. The van der Waals surface area contributed by atoms with Gasteiger partial charge >= 0.3 is 12.0 Å². The van der Waals surface area contributed by atoms with Gasteiger partial charge < -0.3 is 14.4 Å². The van der Waals surface area contributed by atoms with Crippen molar-refractivity contribution in [2.45, 2.75) is 68.7 Å². The van der Waals surface area contributed by atoms with Crippen LogP contribution in [-0.4, -0.2) is 62.9 Å². The maximum atomic E-state index is 15.1. The van der Waals surface area contributed by atoms with Crippen molar-refractivity contribution in [3.8, 4) is 5.75 Å². The molecule has 0 aromatic heterocycles. The van der Waals surface area contributed by atoms with Crippen molar-refractivity contribution < 1.29 is 40.2 Å². The van der Waals surface area contributed by atoms with Gasteiger partial charge in [0.05, 0.1) is 25.0 Å². The van der Waals surface area contributed by atoms with Crippen LogP contribution in [0.15, 0.2) is 12.1 Å². The first-order chi connectivity index (χ1) is 15.4. The van der Waals surface area contributed by atoms with Gasteiger partial charge in [0.25, 0.3) is 0 Å². The van der Waals surface area contributed by atoms with E-state index in [4.69, 9.17) is 4.74 Å². The summed E-state index contributed by atoms with van der Waals surface area (Å²) >= 11 is 0. The third-order valence-electron chi connectivity index (χ3n) is 6.54. The largest absolute Gasteiger partial charge is 0.482 e. The van der Waals surface area contributed by atoms with Gasteiger partial charge in [-0.1, -0.05) is 0 Å². The van der Waals surface area contributed by atoms with Crippen molar-refractivity contribution in [2.75, 3.05) is 19.4 Å². The van der Waals surface area contributed by atoms with E-state index in [0.717, 1.165) is 17.2 Å². The van der Waals surface area contributed by atoms with E-state index in [-0.39, 0.29) is 31.2 Å². The fourth-order valence-corrected chi connectivity index (χ4v) is 5.86. The molecular formula is C21H26F4N2O5S. The van der Waals surface area contributed by atoms with Crippen molar-refractivity contribution in [1.82, 2.24) is 9.62 Å². The molecule has 12 heteroatoms. The van der Waals surface area contributed by atoms with E-state index in [1.165, 1.54) is 0 Å². The smallest absolute Gasteiger partial charge is 0.422 e. The Balaban J connectivity index is 1.75. The summed E-state index contributed by atoms with van der Waals surface area (Å²) < 4.78 is 95.4. The number of carbonyl (C=O) groups is 1. The van der Waals surface area contributed by atoms with Crippen LogP contribution in [0.1, 0.15) is 50.0 Å². The van der Waals surface area contributed by atoms with Gasteiger partial charge in [-0.05, 0) is 50.5 Å². The SMILES string of the molecule is CS(=O)(=O)NC1CCCN2C(=O)C(F)(F)Oc3c(F)cc(F)cc3C3CCC(CC3)OC[C@@H]12. The molecule has 4 aliphatic rings. The molecule has 2 fully saturated rings. The minimum absolute atomic E-state index is 0.0375. The minimum atomic E-state index is -4.45. The first-order valence-electron chi connectivity index (χ1n) is 10.9. The molecule has 0 spiro atoms. The Kier molecular flexibility index (Phi) is 6.62. The number of rotatable bonds is 2. The number of nitrogens with one attached hydrogen (secondary N) is 1. The van der Waals surface area contributed by atoms with Crippen LogP contribution in [-0.2, 0) is 19.6 Å². The quantitative estimate of drug-likeness (QED) is 0.640. The maximum Gasteiger partial charge on any atom is 0.482 e. The van der Waals surface area contributed by atoms with Gasteiger partial charge in [0.2, 0.25) is 10.0 Å². The van der Waals surface area contributed by atoms with Gasteiger partial charge in [0.1, 0.15) is 5.82 Å². The van der Waals surface area contributed by atoms with E-state index in [1.54, 1.807) is 0 Å². The minimum Gasteiger partial charge on any atom is -0.422 e. The number of piperidine rings is 1. The molecule has 1 N–H and O–H groups in total. The number of ether oxygens (including phenoxy) is 2. The predicted octanol–water partition coefficient (Wildman–Crippen LogP) is 2.90. The second-order valence-electron chi connectivity index (χ2n) is 8.94. The molecule has 1 amide bonds. The second kappa shape index (κ2) is 9.03. The van der Waals surface area contributed by atoms with E-state index < -0.39 is 57.4 Å². The molecule has 1 saturated carbocycles. The zero-order valence-electron chi connectivity index (χ0n) is 18.0. The molecule has 1 saturated heterocycles. The number of carbonyl (C=O) groups excluding carboxylic acids is 1. The number of alkyl halides is 2. The summed E-state index contributed by atoms with van der Waals surface area (Å²) in [5.41, 5.74) is -0.0375. The monoisotopic (exact) mass is 494 g/mol. The lowest BCUT2D eigenvalue weighted by Crippen LogP contribution is -2.62. The average molecular weight is 495 g/mol. The normalized spacial score (nSPS) is 30.3. The van der Waals surface area contributed by atoms with Crippen molar-refractivity contribution in [1.29, 1.82) is 0 Å². The molecule has 2 atom stereocenters. The van der Waals surface area contributed by atoms with E-state index in [2.05, 4.69) is 9.46 Å². The Bertz CT molecular complexity index is 1010. The Morgan fingerprint density at radius 3 is 2.48 bits per heavy atom. The van der Waals surface area contributed by atoms with Gasteiger partial charge in [-0.25, -0.2) is 21.9 Å². The highest BCUT2D eigenvalue weighted by molar-refractivity contribution is 7.88. The van der Waals surface area contributed by atoms with E-state index in [0.29, 0.717) is 38.2 Å². The van der Waals surface area contributed by atoms with Crippen LogP contribution in [0.5, 0.6) is 5.75 Å². The molecule has 1 aromatic carbocycles. The number of fused-ring (bicyclic) bond motifs is 5. The zero-order valence-corrected chi connectivity index (χ0v) is 18.8. The summed E-state index contributed by atoms with van der Waals surface area (Å²) in [7, 11) is -3.69. The van der Waals surface area contributed by atoms with Gasteiger partial charge in [-0.15, -0.1) is 0 Å². The summed E-state index contributed by atoms with van der Waals surface area (Å²) in [6, 6.07) is -0.401. The van der Waals surface area contributed by atoms with Crippen LogP contribution >= 0.6 is 0 Å². The molecule has 3 heterocycles. The van der Waals surface area contributed by atoms with Crippen molar-refractivity contribution in [2.24, 2.45) is 0 Å².